The minimum absolute atomic E-state index is 0.848. The van der Waals surface area contributed by atoms with Crippen LogP contribution in [0.5, 0.6) is 0 Å². The highest BCUT2D eigenvalue weighted by atomic mass is 14.0. The van der Waals surface area contributed by atoms with E-state index in [1.807, 2.05) is 0 Å². The lowest BCUT2D eigenvalue weighted by Gasteiger charge is -2.03. The van der Waals surface area contributed by atoms with Crippen LogP contribution >= 0.6 is 0 Å². The fraction of sp³-hybridized carbons (Fsp3) is 0.875. The summed E-state index contributed by atoms with van der Waals surface area (Å²) < 4.78 is 0. The Balaban J connectivity index is 3.08. The molecule has 96 valence electrons. The molecule has 0 spiro atoms. The van der Waals surface area contributed by atoms with Gasteiger partial charge in [0.1, 0.15) is 0 Å². The minimum Gasteiger partial charge on any atom is -0.0885 e. The topological polar surface area (TPSA) is 0 Å². The van der Waals surface area contributed by atoms with Crippen molar-refractivity contribution >= 4 is 0 Å². The van der Waals surface area contributed by atoms with Crippen molar-refractivity contribution in [1.29, 1.82) is 0 Å². The zero-order valence-electron chi connectivity index (χ0n) is 12.0. The first-order valence-corrected chi connectivity index (χ1v) is 7.28. The van der Waals surface area contributed by atoms with Gasteiger partial charge in [-0.3, -0.25) is 0 Å². The van der Waals surface area contributed by atoms with Crippen LogP contribution in [0.3, 0.4) is 0 Å². The molecule has 0 heterocycles. The van der Waals surface area contributed by atoms with Crippen molar-refractivity contribution in [2.75, 3.05) is 0 Å². The third-order valence-corrected chi connectivity index (χ3v) is 2.98. The van der Waals surface area contributed by atoms with Crippen LogP contribution in [-0.2, 0) is 0 Å². The second kappa shape index (κ2) is 11.2. The van der Waals surface area contributed by atoms with E-state index in [1.54, 1.807) is 0 Å². The van der Waals surface area contributed by atoms with E-state index in [-0.39, 0.29) is 0 Å². The Hall–Kier alpha value is -0.260. The molecule has 0 amide bonds. The molecule has 0 aliphatic heterocycles. The summed E-state index contributed by atoms with van der Waals surface area (Å²) in [5.74, 6) is 1.73. The third-order valence-electron chi connectivity index (χ3n) is 2.98. The van der Waals surface area contributed by atoms with Crippen molar-refractivity contribution in [3.8, 4) is 0 Å². The number of hydrogen-bond donors (Lipinski definition) is 0. The first kappa shape index (κ1) is 15.7. The lowest BCUT2D eigenvalue weighted by Crippen LogP contribution is -1.86. The van der Waals surface area contributed by atoms with Crippen LogP contribution < -0.4 is 0 Å². The van der Waals surface area contributed by atoms with Gasteiger partial charge in [0.15, 0.2) is 0 Å². The number of hydrogen-bond acceptors (Lipinski definition) is 0. The standard InChI is InChI=1S/C16H32/c1-15(2)13-11-9-7-5-6-8-10-12-14-16(3)4/h7,9,15-16H,5-6,8,10-14H2,1-4H3/b9-7+. The third kappa shape index (κ3) is 13.7. The van der Waals surface area contributed by atoms with Crippen LogP contribution in [-0.4, -0.2) is 0 Å². The van der Waals surface area contributed by atoms with E-state index in [0.29, 0.717) is 0 Å². The summed E-state index contributed by atoms with van der Waals surface area (Å²) in [5.41, 5.74) is 0. The normalized spacial score (nSPS) is 12.1. The number of unbranched alkanes of at least 4 members (excludes halogenated alkanes) is 4. The van der Waals surface area contributed by atoms with Crippen molar-refractivity contribution in [3.63, 3.8) is 0 Å². The Morgan fingerprint density at radius 3 is 1.81 bits per heavy atom. The van der Waals surface area contributed by atoms with Crippen molar-refractivity contribution < 1.29 is 0 Å². The van der Waals surface area contributed by atoms with Gasteiger partial charge in [0.25, 0.3) is 0 Å². The molecule has 0 aliphatic carbocycles. The molecule has 0 nitrogen and oxygen atoms in total. The molecule has 0 unspecified atom stereocenters. The van der Waals surface area contributed by atoms with Gasteiger partial charge in [-0.1, -0.05) is 65.5 Å². The fourth-order valence-electron chi connectivity index (χ4n) is 1.83. The van der Waals surface area contributed by atoms with Crippen LogP contribution in [0, 0.1) is 11.8 Å². The smallest absolute Gasteiger partial charge is 0.0348 e. The summed E-state index contributed by atoms with van der Waals surface area (Å²) in [4.78, 5) is 0. The zero-order valence-corrected chi connectivity index (χ0v) is 12.0. The SMILES string of the molecule is CC(C)CC/C=C/CCCCCCC(C)C. The van der Waals surface area contributed by atoms with Crippen molar-refractivity contribution in [2.45, 2.75) is 79.1 Å². The van der Waals surface area contributed by atoms with E-state index in [1.165, 1.54) is 51.4 Å². The van der Waals surface area contributed by atoms with Crippen LogP contribution in [0.25, 0.3) is 0 Å². The quantitative estimate of drug-likeness (QED) is 0.316. The lowest BCUT2D eigenvalue weighted by atomic mass is 10.0. The molecular formula is C16H32. The van der Waals surface area contributed by atoms with Gasteiger partial charge in [-0.15, -0.1) is 0 Å². The molecule has 16 heavy (non-hydrogen) atoms. The highest BCUT2D eigenvalue weighted by Gasteiger charge is 1.93. The molecule has 0 saturated carbocycles. The van der Waals surface area contributed by atoms with E-state index >= 15 is 0 Å². The van der Waals surface area contributed by atoms with E-state index in [2.05, 4.69) is 39.8 Å². The molecule has 0 rings (SSSR count). The Morgan fingerprint density at radius 1 is 0.625 bits per heavy atom. The van der Waals surface area contributed by atoms with E-state index in [4.69, 9.17) is 0 Å². The van der Waals surface area contributed by atoms with Gasteiger partial charge in [0.2, 0.25) is 0 Å². The molecule has 0 aromatic carbocycles. The maximum absolute atomic E-state index is 2.38. The van der Waals surface area contributed by atoms with Crippen molar-refractivity contribution in [2.24, 2.45) is 11.8 Å². The largest absolute Gasteiger partial charge is 0.0885 e. The van der Waals surface area contributed by atoms with Crippen LogP contribution in [0.15, 0.2) is 12.2 Å². The average molecular weight is 224 g/mol. The van der Waals surface area contributed by atoms with Gasteiger partial charge in [-0.2, -0.15) is 0 Å². The highest BCUT2D eigenvalue weighted by molar-refractivity contribution is 4.81. The van der Waals surface area contributed by atoms with E-state index < -0.39 is 0 Å². The van der Waals surface area contributed by atoms with Gasteiger partial charge >= 0.3 is 0 Å². The predicted octanol–water partition coefficient (Wildman–Crippen LogP) is 5.98. The zero-order chi connectivity index (χ0) is 12.2. The molecular weight excluding hydrogens is 192 g/mol. The maximum atomic E-state index is 2.38. The summed E-state index contributed by atoms with van der Waals surface area (Å²) in [7, 11) is 0. The minimum atomic E-state index is 0.848. The van der Waals surface area contributed by atoms with Crippen molar-refractivity contribution in [3.05, 3.63) is 12.2 Å². The van der Waals surface area contributed by atoms with Gasteiger partial charge in [-0.05, 0) is 37.5 Å². The Bertz CT molecular complexity index is 153. The van der Waals surface area contributed by atoms with Crippen LogP contribution in [0.2, 0.25) is 0 Å². The molecule has 0 fully saturated rings. The summed E-state index contributed by atoms with van der Waals surface area (Å²) in [5, 5.41) is 0. The van der Waals surface area contributed by atoms with Crippen molar-refractivity contribution in [1.82, 2.24) is 0 Å². The van der Waals surface area contributed by atoms with Gasteiger partial charge in [0, 0.05) is 0 Å². The molecule has 0 aromatic rings. The first-order chi connectivity index (χ1) is 7.63. The molecule has 0 aromatic heterocycles. The summed E-state index contributed by atoms with van der Waals surface area (Å²) >= 11 is 0. The number of rotatable bonds is 10. The van der Waals surface area contributed by atoms with E-state index in [9.17, 15) is 0 Å². The second-order valence-electron chi connectivity index (χ2n) is 5.83. The summed E-state index contributed by atoms with van der Waals surface area (Å²) in [6.07, 6.45) is 15.7. The van der Waals surface area contributed by atoms with Crippen LogP contribution in [0.4, 0.5) is 0 Å². The second-order valence-corrected chi connectivity index (χ2v) is 5.83. The first-order valence-electron chi connectivity index (χ1n) is 7.28. The lowest BCUT2D eigenvalue weighted by molar-refractivity contribution is 0.521. The molecule has 0 N–H and O–H groups in total. The molecule has 0 bridgehead atoms. The molecule has 0 radical (unpaired) electrons. The molecule has 0 heteroatoms. The average Bonchev–Trinajstić information content (AvgIpc) is 2.20. The van der Waals surface area contributed by atoms with E-state index in [0.717, 1.165) is 11.8 Å². The fourth-order valence-corrected chi connectivity index (χ4v) is 1.83. The molecule has 0 atom stereocenters. The Kier molecular flexibility index (Phi) is 11.0. The molecule has 0 aliphatic rings. The Labute approximate surface area is 104 Å². The van der Waals surface area contributed by atoms with Gasteiger partial charge in [0.05, 0.1) is 0 Å². The molecule has 0 saturated heterocycles. The number of allylic oxidation sites excluding steroid dienone is 2. The Morgan fingerprint density at radius 2 is 1.19 bits per heavy atom. The highest BCUT2D eigenvalue weighted by Crippen LogP contribution is 2.11. The van der Waals surface area contributed by atoms with Gasteiger partial charge in [-0.25, -0.2) is 0 Å². The summed E-state index contributed by atoms with van der Waals surface area (Å²) in [6.45, 7) is 9.22. The van der Waals surface area contributed by atoms with Crippen LogP contribution in [0.1, 0.15) is 79.1 Å². The maximum Gasteiger partial charge on any atom is -0.0348 e. The monoisotopic (exact) mass is 224 g/mol. The predicted molar refractivity (Wildman–Crippen MR) is 75.8 cm³/mol. The summed E-state index contributed by atoms with van der Waals surface area (Å²) in [6, 6.07) is 0. The van der Waals surface area contributed by atoms with Gasteiger partial charge < -0.3 is 0 Å².